The molecule has 0 aromatic heterocycles. The van der Waals surface area contributed by atoms with Crippen LogP contribution in [0.4, 0.5) is 0 Å². The zero-order valence-corrected chi connectivity index (χ0v) is 45.5. The fraction of sp³-hybridized carbons (Fsp3) is 0.672. The van der Waals surface area contributed by atoms with E-state index in [4.69, 9.17) is 14.2 Å². The molecule has 1 unspecified atom stereocenters. The van der Waals surface area contributed by atoms with E-state index in [0.29, 0.717) is 19.3 Å². The average molecular weight is 972 g/mol. The van der Waals surface area contributed by atoms with Crippen LogP contribution in [0.25, 0.3) is 0 Å². The second kappa shape index (κ2) is 57.6. The molecule has 0 spiro atoms. The molecule has 6 heteroatoms. The lowest BCUT2D eigenvalue weighted by atomic mass is 10.0. The van der Waals surface area contributed by atoms with E-state index in [1.54, 1.807) is 0 Å². The largest absolute Gasteiger partial charge is 0.462 e. The maximum absolute atomic E-state index is 12.9. The number of ether oxygens (including phenoxy) is 3. The van der Waals surface area contributed by atoms with E-state index in [-0.39, 0.29) is 37.5 Å². The Kier molecular flexibility index (Phi) is 54.4. The number of allylic oxidation sites excluding steroid dienone is 18. The first kappa shape index (κ1) is 66.1. The van der Waals surface area contributed by atoms with Crippen molar-refractivity contribution in [3.8, 4) is 0 Å². The number of hydrogen-bond donors (Lipinski definition) is 0. The van der Waals surface area contributed by atoms with E-state index in [9.17, 15) is 14.4 Å². The Morgan fingerprint density at radius 3 is 0.957 bits per heavy atom. The van der Waals surface area contributed by atoms with Crippen LogP contribution in [0.3, 0.4) is 0 Å². The first-order valence-electron chi connectivity index (χ1n) is 28.9. The van der Waals surface area contributed by atoms with Crippen LogP contribution in [0.1, 0.15) is 258 Å². The normalized spacial score (nSPS) is 12.9. The lowest BCUT2D eigenvalue weighted by Gasteiger charge is -2.18. The summed E-state index contributed by atoms with van der Waals surface area (Å²) in [4.78, 5) is 38.1. The highest BCUT2D eigenvalue weighted by Crippen LogP contribution is 2.16. The highest BCUT2D eigenvalue weighted by Gasteiger charge is 2.19. The molecule has 0 radical (unpaired) electrons. The van der Waals surface area contributed by atoms with Crippen molar-refractivity contribution in [1.29, 1.82) is 0 Å². The summed E-state index contributed by atoms with van der Waals surface area (Å²) in [7, 11) is 0. The van der Waals surface area contributed by atoms with Crippen molar-refractivity contribution in [3.05, 3.63) is 109 Å². The standard InChI is InChI=1S/C64H106O6/c1-4-7-10-13-16-19-22-25-28-30-32-34-36-39-42-45-48-51-54-57-63(66)69-60-61(59-68-62(65)56-53-50-47-44-41-38-27-24-21-18-15-12-9-6-3)70-64(67)58-55-52-49-46-43-40-37-35-33-31-29-26-23-20-17-14-11-8-5-2/h7,9-10,12,16,18-19,21,25,27-28,32,34,38-39,42,48,51,61H,4-6,8,11,13-15,17,20,22-24,26,29-31,33,35-37,40-41,43-47,49-50,52-60H2,1-3H3/b10-7-,12-9-,19-16-,21-18-,28-25-,34-32-,38-27-,42-39-,51-48-. The van der Waals surface area contributed by atoms with Gasteiger partial charge in [-0.3, -0.25) is 14.4 Å². The van der Waals surface area contributed by atoms with E-state index in [0.717, 1.165) is 109 Å². The van der Waals surface area contributed by atoms with Gasteiger partial charge in [-0.25, -0.2) is 0 Å². The maximum Gasteiger partial charge on any atom is 0.306 e. The summed E-state index contributed by atoms with van der Waals surface area (Å²) in [6.45, 7) is 6.34. The predicted molar refractivity (Wildman–Crippen MR) is 302 cm³/mol. The Bertz CT molecular complexity index is 1440. The minimum absolute atomic E-state index is 0.113. The van der Waals surface area contributed by atoms with Gasteiger partial charge in [-0.1, -0.05) is 259 Å². The third-order valence-corrected chi connectivity index (χ3v) is 12.0. The van der Waals surface area contributed by atoms with Crippen molar-refractivity contribution in [2.45, 2.75) is 264 Å². The fourth-order valence-corrected chi connectivity index (χ4v) is 7.78. The third-order valence-electron chi connectivity index (χ3n) is 12.0. The number of carbonyl (C=O) groups excluding carboxylic acids is 3. The van der Waals surface area contributed by atoms with Crippen LogP contribution in [-0.4, -0.2) is 37.2 Å². The van der Waals surface area contributed by atoms with E-state index in [1.807, 2.05) is 6.08 Å². The summed E-state index contributed by atoms with van der Waals surface area (Å²) in [5, 5.41) is 0. The van der Waals surface area contributed by atoms with Gasteiger partial charge in [0.2, 0.25) is 0 Å². The molecular weight excluding hydrogens is 865 g/mol. The van der Waals surface area contributed by atoms with Gasteiger partial charge in [-0.05, 0) is 89.9 Å². The predicted octanol–water partition coefficient (Wildman–Crippen LogP) is 19.5. The third kappa shape index (κ3) is 55.0. The summed E-state index contributed by atoms with van der Waals surface area (Å²) in [5.74, 6) is -1.02. The van der Waals surface area contributed by atoms with Gasteiger partial charge >= 0.3 is 17.9 Å². The van der Waals surface area contributed by atoms with Crippen LogP contribution in [-0.2, 0) is 28.6 Å². The molecule has 0 aliphatic heterocycles. The van der Waals surface area contributed by atoms with Crippen molar-refractivity contribution < 1.29 is 28.6 Å². The Balaban J connectivity index is 4.50. The number of rotatable bonds is 51. The quantitative estimate of drug-likeness (QED) is 0.0262. The topological polar surface area (TPSA) is 78.9 Å². The fourth-order valence-electron chi connectivity index (χ4n) is 7.78. The number of unbranched alkanes of at least 4 members (excludes halogenated alkanes) is 22. The van der Waals surface area contributed by atoms with Gasteiger partial charge in [0.25, 0.3) is 0 Å². The number of hydrogen-bond acceptors (Lipinski definition) is 6. The van der Waals surface area contributed by atoms with Crippen LogP contribution < -0.4 is 0 Å². The molecule has 0 bridgehead atoms. The molecule has 0 amide bonds. The van der Waals surface area contributed by atoms with Gasteiger partial charge in [0.15, 0.2) is 6.10 Å². The minimum atomic E-state index is -0.818. The molecule has 1 atom stereocenters. The summed E-state index contributed by atoms with van der Waals surface area (Å²) in [5.41, 5.74) is 0. The van der Waals surface area contributed by atoms with Crippen LogP contribution in [0.5, 0.6) is 0 Å². The Hall–Kier alpha value is -3.93. The molecule has 0 rings (SSSR count). The Labute approximate surface area is 431 Å². The lowest BCUT2D eigenvalue weighted by molar-refractivity contribution is -0.166. The molecular formula is C64H106O6. The molecule has 0 N–H and O–H groups in total. The Morgan fingerprint density at radius 1 is 0.300 bits per heavy atom. The van der Waals surface area contributed by atoms with E-state index >= 15 is 0 Å². The molecule has 0 saturated heterocycles. The Morgan fingerprint density at radius 2 is 0.586 bits per heavy atom. The van der Waals surface area contributed by atoms with Crippen molar-refractivity contribution >= 4 is 17.9 Å². The molecule has 0 aliphatic carbocycles. The number of esters is 3. The van der Waals surface area contributed by atoms with Crippen LogP contribution >= 0.6 is 0 Å². The van der Waals surface area contributed by atoms with Crippen molar-refractivity contribution in [3.63, 3.8) is 0 Å². The summed E-state index contributed by atoms with van der Waals surface area (Å²) >= 11 is 0. The molecule has 0 aromatic carbocycles. The van der Waals surface area contributed by atoms with Crippen molar-refractivity contribution in [1.82, 2.24) is 0 Å². The minimum Gasteiger partial charge on any atom is -0.462 e. The second-order valence-corrected chi connectivity index (χ2v) is 18.8. The summed E-state index contributed by atoms with van der Waals surface area (Å²) in [6.07, 6.45) is 78.1. The first-order chi connectivity index (χ1) is 34.5. The van der Waals surface area contributed by atoms with Crippen molar-refractivity contribution in [2.75, 3.05) is 13.2 Å². The molecule has 398 valence electrons. The zero-order chi connectivity index (χ0) is 50.7. The van der Waals surface area contributed by atoms with Gasteiger partial charge in [0.05, 0.1) is 0 Å². The molecule has 70 heavy (non-hydrogen) atoms. The molecule has 6 nitrogen and oxygen atoms in total. The molecule has 0 aliphatic rings. The van der Waals surface area contributed by atoms with Gasteiger partial charge in [-0.15, -0.1) is 0 Å². The molecule has 0 saturated carbocycles. The zero-order valence-electron chi connectivity index (χ0n) is 45.5. The molecule has 0 fully saturated rings. The smallest absolute Gasteiger partial charge is 0.306 e. The van der Waals surface area contributed by atoms with E-state index in [1.165, 1.54) is 103 Å². The molecule has 0 heterocycles. The van der Waals surface area contributed by atoms with E-state index in [2.05, 4.69) is 124 Å². The molecule has 0 aromatic rings. The van der Waals surface area contributed by atoms with Crippen molar-refractivity contribution in [2.24, 2.45) is 0 Å². The highest BCUT2D eigenvalue weighted by molar-refractivity contribution is 5.71. The van der Waals surface area contributed by atoms with Gasteiger partial charge < -0.3 is 14.2 Å². The lowest BCUT2D eigenvalue weighted by Crippen LogP contribution is -2.30. The van der Waals surface area contributed by atoms with E-state index < -0.39 is 6.10 Å². The maximum atomic E-state index is 12.9. The van der Waals surface area contributed by atoms with Crippen LogP contribution in [0.15, 0.2) is 109 Å². The average Bonchev–Trinajstić information content (AvgIpc) is 3.36. The number of carbonyl (C=O) groups is 3. The van der Waals surface area contributed by atoms with Gasteiger partial charge in [-0.2, -0.15) is 0 Å². The first-order valence-corrected chi connectivity index (χ1v) is 28.9. The summed E-state index contributed by atoms with van der Waals surface area (Å²) < 4.78 is 16.8. The SMILES string of the molecule is CC/C=C\C/C=C\C/C=C\C/C=C\C/C=C\C/C=C\CCC(=O)OCC(COC(=O)CCCCCC/C=C\C/C=C\C/C=C\CC)OC(=O)CCCCCCCCCCCCCCCCCCCCC. The van der Waals surface area contributed by atoms with Gasteiger partial charge in [0.1, 0.15) is 13.2 Å². The van der Waals surface area contributed by atoms with Crippen LogP contribution in [0.2, 0.25) is 0 Å². The van der Waals surface area contributed by atoms with Crippen LogP contribution in [0, 0.1) is 0 Å². The second-order valence-electron chi connectivity index (χ2n) is 18.8. The highest BCUT2D eigenvalue weighted by atomic mass is 16.6. The summed E-state index contributed by atoms with van der Waals surface area (Å²) in [6, 6.07) is 0. The monoisotopic (exact) mass is 971 g/mol. The van der Waals surface area contributed by atoms with Gasteiger partial charge in [0, 0.05) is 19.3 Å².